The molecule has 0 saturated carbocycles. The molecule has 3 aromatic rings. The molecule has 1 heterocycles. The number of nitrogens with zero attached hydrogens (tertiary/aromatic N) is 1. The summed E-state index contributed by atoms with van der Waals surface area (Å²) in [5.41, 5.74) is 2.31. The van der Waals surface area contributed by atoms with Crippen LogP contribution in [0.5, 0.6) is 0 Å². The summed E-state index contributed by atoms with van der Waals surface area (Å²) in [4.78, 5) is 19.3. The lowest BCUT2D eigenvalue weighted by Crippen LogP contribution is -2.12. The van der Waals surface area contributed by atoms with Crippen LogP contribution in [0.4, 0.5) is 0 Å². The Kier molecular flexibility index (Phi) is 3.73. The maximum atomic E-state index is 12.1. The predicted octanol–water partition coefficient (Wildman–Crippen LogP) is 2.66. The number of aliphatic hydroxyl groups excluding tert-OH is 1. The maximum absolute atomic E-state index is 12.1. The summed E-state index contributed by atoms with van der Waals surface area (Å²) in [5.74, 6) is 0.603. The molecule has 5 heteroatoms. The summed E-state index contributed by atoms with van der Waals surface area (Å²) in [6.07, 6.45) is 0.527. The predicted molar refractivity (Wildman–Crippen MR) is 82.5 cm³/mol. The van der Waals surface area contributed by atoms with Gasteiger partial charge in [0.1, 0.15) is 5.82 Å². The van der Waals surface area contributed by atoms with E-state index >= 15 is 0 Å². The van der Waals surface area contributed by atoms with Gasteiger partial charge in [0.15, 0.2) is 0 Å². The normalized spacial score (nSPS) is 11.0. The van der Waals surface area contributed by atoms with E-state index in [0.29, 0.717) is 28.2 Å². The summed E-state index contributed by atoms with van der Waals surface area (Å²) in [6, 6.07) is 12.6. The number of hydrogen-bond acceptors (Lipinski definition) is 3. The van der Waals surface area contributed by atoms with Crippen LogP contribution in [0.1, 0.15) is 17.0 Å². The minimum atomic E-state index is -0.190. The summed E-state index contributed by atoms with van der Waals surface area (Å²) >= 11 is 5.89. The van der Waals surface area contributed by atoms with Crippen molar-refractivity contribution in [2.75, 3.05) is 0 Å². The Balaban J connectivity index is 1.97. The summed E-state index contributed by atoms with van der Waals surface area (Å²) < 4.78 is 0. The Morgan fingerprint density at radius 1 is 1.10 bits per heavy atom. The molecule has 0 amide bonds. The number of aromatic nitrogens is 2. The smallest absolute Gasteiger partial charge is 0.258 e. The maximum Gasteiger partial charge on any atom is 0.258 e. The van der Waals surface area contributed by atoms with Gasteiger partial charge in [-0.15, -0.1) is 0 Å². The fraction of sp³-hybridized carbons (Fsp3) is 0.125. The molecule has 0 aliphatic rings. The number of nitrogens with one attached hydrogen (secondary N) is 1. The molecule has 4 nitrogen and oxygen atoms in total. The first-order chi connectivity index (χ1) is 10.2. The quantitative estimate of drug-likeness (QED) is 0.781. The number of benzene rings is 2. The average Bonchev–Trinajstić information content (AvgIpc) is 2.49. The fourth-order valence-corrected chi connectivity index (χ4v) is 2.37. The molecule has 0 aliphatic heterocycles. The molecular formula is C16H13ClN2O2. The third-order valence-corrected chi connectivity index (χ3v) is 3.53. The molecule has 2 aromatic carbocycles. The first-order valence-electron chi connectivity index (χ1n) is 6.53. The van der Waals surface area contributed by atoms with Crippen molar-refractivity contribution in [3.8, 4) is 0 Å². The number of aromatic amines is 1. The number of H-pyrrole nitrogens is 1. The van der Waals surface area contributed by atoms with E-state index in [9.17, 15) is 4.79 Å². The van der Waals surface area contributed by atoms with E-state index in [4.69, 9.17) is 16.7 Å². The van der Waals surface area contributed by atoms with E-state index < -0.39 is 0 Å². The van der Waals surface area contributed by atoms with E-state index in [2.05, 4.69) is 9.97 Å². The van der Waals surface area contributed by atoms with Gasteiger partial charge in [-0.05, 0) is 29.3 Å². The second kappa shape index (κ2) is 5.68. The van der Waals surface area contributed by atoms with Crippen LogP contribution in [0.25, 0.3) is 10.9 Å². The van der Waals surface area contributed by atoms with Crippen LogP contribution in [-0.4, -0.2) is 15.1 Å². The van der Waals surface area contributed by atoms with Gasteiger partial charge in [-0.3, -0.25) is 4.79 Å². The molecule has 0 atom stereocenters. The molecule has 21 heavy (non-hydrogen) atoms. The zero-order valence-corrected chi connectivity index (χ0v) is 11.9. The number of fused-ring (bicyclic) bond motifs is 1. The molecule has 3 rings (SSSR count). The minimum Gasteiger partial charge on any atom is -0.392 e. The Labute approximate surface area is 126 Å². The van der Waals surface area contributed by atoms with Crippen LogP contribution >= 0.6 is 11.6 Å². The molecule has 0 spiro atoms. The first kappa shape index (κ1) is 13.8. The van der Waals surface area contributed by atoms with Gasteiger partial charge in [0.05, 0.1) is 17.5 Å². The molecule has 2 N–H and O–H groups in total. The molecule has 106 valence electrons. The molecule has 0 saturated heterocycles. The van der Waals surface area contributed by atoms with Crippen LogP contribution in [0, 0.1) is 0 Å². The van der Waals surface area contributed by atoms with Crippen molar-refractivity contribution in [2.24, 2.45) is 0 Å². The van der Waals surface area contributed by atoms with E-state index in [1.54, 1.807) is 18.2 Å². The van der Waals surface area contributed by atoms with E-state index in [1.165, 1.54) is 0 Å². The van der Waals surface area contributed by atoms with Crippen molar-refractivity contribution in [3.63, 3.8) is 0 Å². The topological polar surface area (TPSA) is 66.0 Å². The Bertz CT molecular complexity index is 841. The average molecular weight is 301 g/mol. The number of hydrogen-bond donors (Lipinski definition) is 2. The van der Waals surface area contributed by atoms with Crippen LogP contribution in [0.15, 0.2) is 47.3 Å². The SMILES string of the molecule is O=c1[nH]c(Cc2ccc(CO)cc2)nc2ccc(Cl)cc12. The van der Waals surface area contributed by atoms with Crippen molar-refractivity contribution in [1.29, 1.82) is 0 Å². The second-order valence-corrected chi connectivity index (χ2v) is 5.26. The van der Waals surface area contributed by atoms with E-state index in [-0.39, 0.29) is 12.2 Å². The Morgan fingerprint density at radius 2 is 1.81 bits per heavy atom. The van der Waals surface area contributed by atoms with Gasteiger partial charge in [-0.1, -0.05) is 35.9 Å². The van der Waals surface area contributed by atoms with Gasteiger partial charge in [0, 0.05) is 11.4 Å². The second-order valence-electron chi connectivity index (χ2n) is 4.83. The zero-order valence-electron chi connectivity index (χ0n) is 11.1. The highest BCUT2D eigenvalue weighted by atomic mass is 35.5. The summed E-state index contributed by atoms with van der Waals surface area (Å²) in [6.45, 7) is 0.0199. The number of aliphatic hydroxyl groups is 1. The van der Waals surface area contributed by atoms with Crippen molar-refractivity contribution in [1.82, 2.24) is 9.97 Å². The third kappa shape index (κ3) is 2.96. The van der Waals surface area contributed by atoms with Gasteiger partial charge >= 0.3 is 0 Å². The van der Waals surface area contributed by atoms with Gasteiger partial charge in [-0.2, -0.15) is 0 Å². The lowest BCUT2D eigenvalue weighted by atomic mass is 10.1. The van der Waals surface area contributed by atoms with Gasteiger partial charge < -0.3 is 10.1 Å². The summed E-state index contributed by atoms with van der Waals surface area (Å²) in [7, 11) is 0. The van der Waals surface area contributed by atoms with Crippen LogP contribution < -0.4 is 5.56 Å². The lowest BCUT2D eigenvalue weighted by molar-refractivity contribution is 0.282. The third-order valence-electron chi connectivity index (χ3n) is 3.29. The molecule has 1 aromatic heterocycles. The van der Waals surface area contributed by atoms with Crippen molar-refractivity contribution < 1.29 is 5.11 Å². The monoisotopic (exact) mass is 300 g/mol. The van der Waals surface area contributed by atoms with Gasteiger partial charge in [-0.25, -0.2) is 4.98 Å². The molecule has 0 aliphatic carbocycles. The minimum absolute atomic E-state index is 0.0199. The highest BCUT2D eigenvalue weighted by molar-refractivity contribution is 6.31. The lowest BCUT2D eigenvalue weighted by Gasteiger charge is -2.04. The zero-order chi connectivity index (χ0) is 14.8. The highest BCUT2D eigenvalue weighted by Crippen LogP contribution is 2.15. The Hall–Kier alpha value is -2.17. The van der Waals surface area contributed by atoms with Crippen LogP contribution in [0.3, 0.4) is 0 Å². The van der Waals surface area contributed by atoms with Crippen LogP contribution in [0.2, 0.25) is 5.02 Å². The molecule has 0 unspecified atom stereocenters. The van der Waals surface area contributed by atoms with E-state index in [0.717, 1.165) is 11.1 Å². The Morgan fingerprint density at radius 3 is 2.52 bits per heavy atom. The van der Waals surface area contributed by atoms with E-state index in [1.807, 2.05) is 24.3 Å². The van der Waals surface area contributed by atoms with Crippen LogP contribution in [-0.2, 0) is 13.0 Å². The van der Waals surface area contributed by atoms with Gasteiger partial charge in [0.25, 0.3) is 5.56 Å². The molecular weight excluding hydrogens is 288 g/mol. The molecule has 0 fully saturated rings. The highest BCUT2D eigenvalue weighted by Gasteiger charge is 2.05. The number of halogens is 1. The largest absolute Gasteiger partial charge is 0.392 e. The van der Waals surface area contributed by atoms with Crippen molar-refractivity contribution in [3.05, 3.63) is 74.8 Å². The van der Waals surface area contributed by atoms with Gasteiger partial charge in [0.2, 0.25) is 0 Å². The molecule has 0 radical (unpaired) electrons. The van der Waals surface area contributed by atoms with Crippen molar-refractivity contribution >= 4 is 22.5 Å². The summed E-state index contributed by atoms with van der Waals surface area (Å²) in [5, 5.41) is 10.0. The first-order valence-corrected chi connectivity index (χ1v) is 6.90. The standard InChI is InChI=1S/C16H13ClN2O2/c17-12-5-6-14-13(8-12)16(21)19-15(18-14)7-10-1-3-11(9-20)4-2-10/h1-6,8,20H,7,9H2,(H,18,19,21). The molecule has 0 bridgehead atoms. The van der Waals surface area contributed by atoms with Crippen molar-refractivity contribution in [2.45, 2.75) is 13.0 Å². The fourth-order valence-electron chi connectivity index (χ4n) is 2.20. The number of rotatable bonds is 3.